The summed E-state index contributed by atoms with van der Waals surface area (Å²) in [5, 5.41) is 0.268. The van der Waals surface area contributed by atoms with Gasteiger partial charge in [-0.25, -0.2) is 8.42 Å². The Labute approximate surface area is 123 Å². The lowest BCUT2D eigenvalue weighted by molar-refractivity contribution is 0.391. The van der Waals surface area contributed by atoms with E-state index in [0.29, 0.717) is 6.54 Å². The highest BCUT2D eigenvalue weighted by Crippen LogP contribution is 2.37. The minimum absolute atomic E-state index is 0.133. The number of hydrogen-bond donors (Lipinski definition) is 1. The van der Waals surface area contributed by atoms with Gasteiger partial charge < -0.3 is 4.98 Å². The Morgan fingerprint density at radius 2 is 2.00 bits per heavy atom. The van der Waals surface area contributed by atoms with E-state index in [1.54, 1.807) is 28.6 Å². The van der Waals surface area contributed by atoms with Crippen molar-refractivity contribution in [3.05, 3.63) is 53.3 Å². The summed E-state index contributed by atoms with van der Waals surface area (Å²) in [5.41, 5.74) is 0.929. The minimum atomic E-state index is -3.56. The van der Waals surface area contributed by atoms with Gasteiger partial charge in [-0.3, -0.25) is 0 Å². The van der Waals surface area contributed by atoms with Crippen molar-refractivity contribution < 1.29 is 8.42 Å². The molecule has 0 saturated carbocycles. The number of sulfonamides is 1. The van der Waals surface area contributed by atoms with E-state index >= 15 is 0 Å². The number of hydrogen-bond acceptors (Lipinski definition) is 2. The maximum Gasteiger partial charge on any atom is 0.245 e. The molecule has 6 heteroatoms. The lowest BCUT2D eigenvalue weighted by atomic mass is 10.2. The number of H-pyrrole nitrogens is 1. The van der Waals surface area contributed by atoms with Gasteiger partial charge in [0.05, 0.1) is 11.1 Å². The first-order valence-electron chi connectivity index (χ1n) is 6.50. The summed E-state index contributed by atoms with van der Waals surface area (Å²) in [6, 6.07) is 10.3. The van der Waals surface area contributed by atoms with E-state index in [1.165, 1.54) is 0 Å². The molecule has 106 valence electrons. The first kappa shape index (κ1) is 13.7. The molecule has 0 radical (unpaired) electrons. The van der Waals surface area contributed by atoms with Crippen LogP contribution in [-0.2, 0) is 10.0 Å². The van der Waals surface area contributed by atoms with Gasteiger partial charge in [0.15, 0.2) is 0 Å². The summed E-state index contributed by atoms with van der Waals surface area (Å²) in [6.07, 6.45) is 3.49. The summed E-state index contributed by atoms with van der Waals surface area (Å²) in [4.78, 5) is 3.29. The van der Waals surface area contributed by atoms with Crippen LogP contribution in [0.1, 0.15) is 24.6 Å². The largest absolute Gasteiger partial charge is 0.364 e. The van der Waals surface area contributed by atoms with Crippen LogP contribution in [0, 0.1) is 0 Å². The Morgan fingerprint density at radius 3 is 2.70 bits per heavy atom. The fraction of sp³-hybridized carbons (Fsp3) is 0.286. The molecule has 1 aliphatic rings. The molecule has 2 aromatic rings. The van der Waals surface area contributed by atoms with E-state index < -0.39 is 10.0 Å². The van der Waals surface area contributed by atoms with Crippen molar-refractivity contribution in [2.75, 3.05) is 6.54 Å². The van der Waals surface area contributed by atoms with E-state index in [0.717, 1.165) is 18.5 Å². The third-order valence-corrected chi connectivity index (χ3v) is 6.02. The lowest BCUT2D eigenvalue weighted by Gasteiger charge is -2.23. The van der Waals surface area contributed by atoms with Crippen molar-refractivity contribution in [1.29, 1.82) is 0 Å². The molecule has 0 amide bonds. The van der Waals surface area contributed by atoms with Crippen molar-refractivity contribution in [1.82, 2.24) is 9.29 Å². The number of benzene rings is 1. The van der Waals surface area contributed by atoms with Crippen LogP contribution in [0.25, 0.3) is 0 Å². The zero-order valence-electron chi connectivity index (χ0n) is 10.8. The van der Waals surface area contributed by atoms with Crippen molar-refractivity contribution in [3.8, 4) is 0 Å². The van der Waals surface area contributed by atoms with E-state index in [-0.39, 0.29) is 16.0 Å². The molecule has 0 spiro atoms. The Kier molecular flexibility index (Phi) is 3.58. The number of rotatable bonds is 3. The fourth-order valence-electron chi connectivity index (χ4n) is 2.67. The van der Waals surface area contributed by atoms with Crippen LogP contribution in [0.2, 0.25) is 5.02 Å². The molecular formula is C14H15ClN2O2S. The molecule has 0 bridgehead atoms. The topological polar surface area (TPSA) is 53.2 Å². The molecule has 1 unspecified atom stereocenters. The number of aromatic nitrogens is 1. The Hall–Kier alpha value is -1.30. The fourth-order valence-corrected chi connectivity index (χ4v) is 4.84. The molecule has 20 heavy (non-hydrogen) atoms. The molecule has 3 rings (SSSR count). The van der Waals surface area contributed by atoms with Crippen molar-refractivity contribution in [2.24, 2.45) is 0 Å². The predicted octanol–water partition coefficient (Wildman–Crippen LogP) is 3.19. The van der Waals surface area contributed by atoms with Gasteiger partial charge in [-0.15, -0.1) is 0 Å². The van der Waals surface area contributed by atoms with Crippen molar-refractivity contribution in [2.45, 2.75) is 23.8 Å². The summed E-state index contributed by atoms with van der Waals surface area (Å²) >= 11 is 6.05. The van der Waals surface area contributed by atoms with E-state index in [1.807, 2.05) is 18.3 Å². The molecule has 4 nitrogen and oxygen atoms in total. The van der Waals surface area contributed by atoms with Crippen LogP contribution in [-0.4, -0.2) is 24.3 Å². The van der Waals surface area contributed by atoms with Crippen LogP contribution in [0.5, 0.6) is 0 Å². The maximum absolute atomic E-state index is 12.8. The second-order valence-electron chi connectivity index (χ2n) is 4.83. The number of aromatic amines is 1. The first-order valence-corrected chi connectivity index (χ1v) is 8.32. The first-order chi connectivity index (χ1) is 9.60. The number of nitrogens with one attached hydrogen (secondary N) is 1. The van der Waals surface area contributed by atoms with Gasteiger partial charge in [-0.05, 0) is 37.1 Å². The molecule has 1 N–H and O–H groups in total. The van der Waals surface area contributed by atoms with E-state index in [2.05, 4.69) is 4.98 Å². The van der Waals surface area contributed by atoms with Crippen molar-refractivity contribution >= 4 is 21.6 Å². The second kappa shape index (κ2) is 5.24. The van der Waals surface area contributed by atoms with Gasteiger partial charge in [-0.2, -0.15) is 4.31 Å². The SMILES string of the molecule is O=S(=O)(c1ccccc1Cl)N1CCCC1c1ccc[nH]1. The molecule has 2 heterocycles. The zero-order chi connectivity index (χ0) is 14.2. The Balaban J connectivity index is 2.01. The molecule has 0 aliphatic carbocycles. The van der Waals surface area contributed by atoms with Gasteiger partial charge >= 0.3 is 0 Å². The van der Waals surface area contributed by atoms with E-state index in [9.17, 15) is 8.42 Å². The minimum Gasteiger partial charge on any atom is -0.364 e. The molecule has 1 fully saturated rings. The van der Waals surface area contributed by atoms with Crippen LogP contribution < -0.4 is 0 Å². The molecule has 1 saturated heterocycles. The highest BCUT2D eigenvalue weighted by molar-refractivity contribution is 7.89. The van der Waals surface area contributed by atoms with Crippen LogP contribution >= 0.6 is 11.6 Å². The molecular weight excluding hydrogens is 296 g/mol. The molecule has 1 aliphatic heterocycles. The lowest BCUT2D eigenvalue weighted by Crippen LogP contribution is -2.31. The molecule has 1 aromatic carbocycles. The normalized spacial score (nSPS) is 20.4. The summed E-state index contributed by atoms with van der Waals surface area (Å²) < 4.78 is 27.1. The van der Waals surface area contributed by atoms with Gasteiger partial charge in [0.25, 0.3) is 0 Å². The third-order valence-electron chi connectivity index (χ3n) is 3.61. The van der Waals surface area contributed by atoms with Gasteiger partial charge in [0.1, 0.15) is 4.90 Å². The van der Waals surface area contributed by atoms with Crippen molar-refractivity contribution in [3.63, 3.8) is 0 Å². The summed E-state index contributed by atoms with van der Waals surface area (Å²) in [7, 11) is -3.56. The Bertz CT molecular complexity index is 698. The number of nitrogens with zero attached hydrogens (tertiary/aromatic N) is 1. The smallest absolute Gasteiger partial charge is 0.245 e. The predicted molar refractivity (Wildman–Crippen MR) is 78.1 cm³/mol. The number of halogens is 1. The summed E-state index contributed by atoms with van der Waals surface area (Å²) in [6.45, 7) is 0.525. The Morgan fingerprint density at radius 1 is 1.20 bits per heavy atom. The van der Waals surface area contributed by atoms with Crippen LogP contribution in [0.3, 0.4) is 0 Å². The molecule has 1 atom stereocenters. The zero-order valence-corrected chi connectivity index (χ0v) is 12.4. The highest BCUT2D eigenvalue weighted by atomic mass is 35.5. The maximum atomic E-state index is 12.8. The van der Waals surface area contributed by atoms with Gasteiger partial charge in [0, 0.05) is 18.4 Å². The quantitative estimate of drug-likeness (QED) is 0.946. The van der Waals surface area contributed by atoms with E-state index in [4.69, 9.17) is 11.6 Å². The standard InChI is InChI=1S/C14H15ClN2O2S/c15-11-5-1-2-8-14(11)20(18,19)17-10-4-7-13(17)12-6-3-9-16-12/h1-3,5-6,8-9,13,16H,4,7,10H2. The highest BCUT2D eigenvalue weighted by Gasteiger charge is 2.37. The molecule has 1 aromatic heterocycles. The summed E-state index contributed by atoms with van der Waals surface area (Å²) in [5.74, 6) is 0. The van der Waals surface area contributed by atoms with Crippen LogP contribution in [0.15, 0.2) is 47.5 Å². The van der Waals surface area contributed by atoms with Crippen LogP contribution in [0.4, 0.5) is 0 Å². The van der Waals surface area contributed by atoms with Gasteiger partial charge in [0.2, 0.25) is 10.0 Å². The average molecular weight is 311 g/mol. The third kappa shape index (κ3) is 2.26. The van der Waals surface area contributed by atoms with Gasteiger partial charge in [-0.1, -0.05) is 23.7 Å². The average Bonchev–Trinajstić information content (AvgIpc) is 3.10. The monoisotopic (exact) mass is 310 g/mol. The second-order valence-corrected chi connectivity index (χ2v) is 7.10.